The van der Waals surface area contributed by atoms with Crippen LogP contribution in [0.4, 0.5) is 25.3 Å². The van der Waals surface area contributed by atoms with Crippen LogP contribution in [0.25, 0.3) is 10.6 Å². The zero-order chi connectivity index (χ0) is 23.7. The second kappa shape index (κ2) is 9.44. The average Bonchev–Trinajstić information content (AvgIpc) is 3.37. The molecular weight excluding hydrogens is 448 g/mol. The predicted molar refractivity (Wildman–Crippen MR) is 126 cm³/mol. The lowest BCUT2D eigenvalue weighted by Gasteiger charge is -2.34. The van der Waals surface area contributed by atoms with E-state index in [4.69, 9.17) is 11.5 Å². The number of hydrogen-bond acceptors (Lipinski definition) is 7. The molecule has 0 spiro atoms. The maximum Gasteiger partial charge on any atom is 0.277 e. The van der Waals surface area contributed by atoms with Gasteiger partial charge in [-0.2, -0.15) is 5.10 Å². The van der Waals surface area contributed by atoms with Crippen molar-refractivity contribution in [2.24, 2.45) is 11.7 Å². The molecule has 0 radical (unpaired) electrons. The lowest BCUT2D eigenvalue weighted by molar-refractivity contribution is 0.102. The quantitative estimate of drug-likeness (QED) is 0.498. The monoisotopic (exact) mass is 475 g/mol. The van der Waals surface area contributed by atoms with Gasteiger partial charge in [0.2, 0.25) is 0 Å². The second-order valence-electron chi connectivity index (χ2n) is 8.37. The Morgan fingerprint density at radius 3 is 2.55 bits per heavy atom. The van der Waals surface area contributed by atoms with Gasteiger partial charge in [0, 0.05) is 19.1 Å². The number of amides is 1. The van der Waals surface area contributed by atoms with E-state index in [0.717, 1.165) is 55.2 Å². The Hall–Kier alpha value is -3.05. The molecule has 176 valence electrons. The third kappa shape index (κ3) is 4.55. The van der Waals surface area contributed by atoms with Crippen LogP contribution >= 0.6 is 11.3 Å². The van der Waals surface area contributed by atoms with Gasteiger partial charge in [-0.1, -0.05) is 17.4 Å². The van der Waals surface area contributed by atoms with Crippen molar-refractivity contribution in [1.82, 2.24) is 14.8 Å². The van der Waals surface area contributed by atoms with Crippen molar-refractivity contribution in [3.05, 3.63) is 41.7 Å². The molecule has 4 rings (SSSR count). The van der Waals surface area contributed by atoms with Crippen molar-refractivity contribution in [2.45, 2.75) is 32.7 Å². The number of anilines is 3. The van der Waals surface area contributed by atoms with Crippen LogP contribution in [0.2, 0.25) is 0 Å². The van der Waals surface area contributed by atoms with Crippen LogP contribution in [-0.4, -0.2) is 40.3 Å². The number of hydrogen-bond donors (Lipinski definition) is 3. The summed E-state index contributed by atoms with van der Waals surface area (Å²) in [5.41, 5.74) is 12.0. The molecule has 1 fully saturated rings. The maximum atomic E-state index is 14.2. The summed E-state index contributed by atoms with van der Waals surface area (Å²) in [5.74, 6) is -0.799. The van der Waals surface area contributed by atoms with Crippen molar-refractivity contribution in [3.63, 3.8) is 0 Å². The summed E-state index contributed by atoms with van der Waals surface area (Å²) in [4.78, 5) is 19.4. The Morgan fingerprint density at radius 2 is 1.94 bits per heavy atom. The fourth-order valence-corrected chi connectivity index (χ4v) is 4.88. The van der Waals surface area contributed by atoms with Gasteiger partial charge in [0.05, 0.1) is 11.8 Å². The van der Waals surface area contributed by atoms with E-state index in [1.165, 1.54) is 6.07 Å². The lowest BCUT2D eigenvalue weighted by atomic mass is 9.97. The topological polar surface area (TPSA) is 115 Å². The van der Waals surface area contributed by atoms with Gasteiger partial charge in [-0.15, -0.1) is 0 Å². The molecule has 1 saturated heterocycles. The third-order valence-corrected chi connectivity index (χ3v) is 6.70. The number of nitrogens with zero attached hydrogens (tertiary/aromatic N) is 4. The first-order chi connectivity index (χ1) is 15.8. The van der Waals surface area contributed by atoms with Crippen molar-refractivity contribution >= 4 is 33.8 Å². The van der Waals surface area contributed by atoms with E-state index in [1.807, 2.05) is 18.5 Å². The Morgan fingerprint density at radius 1 is 1.27 bits per heavy atom. The van der Waals surface area contributed by atoms with Gasteiger partial charge in [0.25, 0.3) is 5.91 Å². The number of nitrogen functional groups attached to an aromatic ring is 1. The first-order valence-electron chi connectivity index (χ1n) is 10.8. The predicted octanol–water partition coefficient (Wildman–Crippen LogP) is 3.88. The molecule has 1 aliphatic rings. The molecule has 3 heterocycles. The van der Waals surface area contributed by atoms with Crippen molar-refractivity contribution in [3.8, 4) is 10.6 Å². The molecule has 0 aliphatic carbocycles. The van der Waals surface area contributed by atoms with Gasteiger partial charge in [0.1, 0.15) is 27.3 Å². The van der Waals surface area contributed by atoms with E-state index >= 15 is 0 Å². The van der Waals surface area contributed by atoms with Gasteiger partial charge >= 0.3 is 0 Å². The number of carbonyl (C=O) groups excluding carboxylic acids is 1. The number of thiazole rings is 1. The number of carbonyl (C=O) groups is 1. The molecular formula is C22H27F2N7OS. The van der Waals surface area contributed by atoms with Crippen LogP contribution in [0.3, 0.4) is 0 Å². The van der Waals surface area contributed by atoms with Gasteiger partial charge in [-0.05, 0) is 51.3 Å². The summed E-state index contributed by atoms with van der Waals surface area (Å²) in [7, 11) is 0. The molecule has 2 aromatic heterocycles. The number of halogens is 2. The highest BCUT2D eigenvalue weighted by Gasteiger charge is 2.27. The van der Waals surface area contributed by atoms with Crippen LogP contribution in [0.5, 0.6) is 0 Å². The zero-order valence-corrected chi connectivity index (χ0v) is 19.3. The molecule has 3 aromatic rings. The van der Waals surface area contributed by atoms with Gasteiger partial charge in [-0.3, -0.25) is 4.79 Å². The van der Waals surface area contributed by atoms with Gasteiger partial charge in [-0.25, -0.2) is 18.4 Å². The van der Waals surface area contributed by atoms with E-state index in [1.54, 1.807) is 6.20 Å². The first kappa shape index (κ1) is 23.1. The molecule has 8 nitrogen and oxygen atoms in total. The van der Waals surface area contributed by atoms with E-state index in [9.17, 15) is 13.6 Å². The minimum absolute atomic E-state index is 0.00945. The summed E-state index contributed by atoms with van der Waals surface area (Å²) in [6.07, 6.45) is 3.52. The highest BCUT2D eigenvalue weighted by atomic mass is 32.1. The highest BCUT2D eigenvalue weighted by molar-refractivity contribution is 7.19. The molecule has 0 saturated carbocycles. The van der Waals surface area contributed by atoms with E-state index in [0.29, 0.717) is 18.2 Å². The number of nitrogens with one attached hydrogen (secondary N) is 1. The maximum absolute atomic E-state index is 14.2. The molecule has 1 amide bonds. The molecule has 11 heteroatoms. The summed E-state index contributed by atoms with van der Waals surface area (Å²) < 4.78 is 30.2. The van der Waals surface area contributed by atoms with Crippen molar-refractivity contribution in [1.29, 1.82) is 0 Å². The number of aromatic nitrogens is 3. The third-order valence-electron chi connectivity index (χ3n) is 5.80. The Labute approximate surface area is 194 Å². The van der Waals surface area contributed by atoms with Crippen LogP contribution < -0.4 is 21.7 Å². The van der Waals surface area contributed by atoms with Crippen molar-refractivity contribution < 1.29 is 13.6 Å². The number of benzene rings is 1. The average molecular weight is 476 g/mol. The smallest absolute Gasteiger partial charge is 0.277 e. The lowest BCUT2D eigenvalue weighted by Crippen LogP contribution is -2.38. The van der Waals surface area contributed by atoms with Crippen LogP contribution in [0.1, 0.15) is 43.2 Å². The summed E-state index contributed by atoms with van der Waals surface area (Å²) in [5, 5.41) is 7.40. The highest BCUT2D eigenvalue weighted by Crippen LogP contribution is 2.35. The SMILES string of the molecule is CC(C)n1ncc(NC(=O)c2nc(-c3c(F)cccc3F)sc2N)c1N1CCC(CN)CC1. The zero-order valence-electron chi connectivity index (χ0n) is 18.5. The summed E-state index contributed by atoms with van der Waals surface area (Å²) >= 11 is 0.863. The Kier molecular flexibility index (Phi) is 6.61. The standard InChI is InChI=1S/C22H27F2N7OS/c1-12(2)31-22(30-8-6-13(10-25)7-9-30)16(11-27-31)28-20(32)18-19(26)33-21(29-18)17-14(23)4-3-5-15(17)24/h3-5,11-13H,6-10,25-26H2,1-2H3,(H,28,32). The number of rotatable bonds is 6. The fourth-order valence-electron chi connectivity index (χ4n) is 4.00. The Balaban J connectivity index is 1.61. The number of piperidine rings is 1. The van der Waals surface area contributed by atoms with Crippen LogP contribution in [0.15, 0.2) is 24.4 Å². The van der Waals surface area contributed by atoms with Crippen LogP contribution in [0, 0.1) is 17.6 Å². The van der Waals surface area contributed by atoms with Gasteiger partial charge in [0.15, 0.2) is 11.5 Å². The van der Waals surface area contributed by atoms with E-state index in [-0.39, 0.29) is 27.3 Å². The largest absolute Gasteiger partial charge is 0.389 e. The minimum Gasteiger partial charge on any atom is -0.389 e. The number of nitrogens with two attached hydrogens (primary N) is 2. The molecule has 1 aromatic carbocycles. The Bertz CT molecular complexity index is 1130. The minimum atomic E-state index is -0.767. The molecule has 0 atom stereocenters. The summed E-state index contributed by atoms with van der Waals surface area (Å²) in [6, 6.07) is 3.62. The van der Waals surface area contributed by atoms with Gasteiger partial charge < -0.3 is 21.7 Å². The second-order valence-corrected chi connectivity index (χ2v) is 9.40. The molecule has 5 N–H and O–H groups in total. The molecule has 1 aliphatic heterocycles. The van der Waals surface area contributed by atoms with E-state index in [2.05, 4.69) is 20.3 Å². The van der Waals surface area contributed by atoms with Crippen LogP contribution in [-0.2, 0) is 0 Å². The van der Waals surface area contributed by atoms with E-state index < -0.39 is 17.5 Å². The first-order valence-corrected chi connectivity index (χ1v) is 11.7. The fraction of sp³-hybridized carbons (Fsp3) is 0.409. The normalized spacial score (nSPS) is 14.8. The summed E-state index contributed by atoms with van der Waals surface area (Å²) in [6.45, 7) is 6.30. The van der Waals surface area contributed by atoms with Crippen molar-refractivity contribution in [2.75, 3.05) is 35.6 Å². The molecule has 0 bridgehead atoms. The molecule has 33 heavy (non-hydrogen) atoms. The molecule has 0 unspecified atom stereocenters.